The van der Waals surface area contributed by atoms with Gasteiger partial charge in [0.1, 0.15) is 26.9 Å². The number of phenolic OH excluding ortho intramolecular Hbond substituents is 2. The van der Waals surface area contributed by atoms with Crippen molar-refractivity contribution < 1.29 is 14.6 Å². The smallest absolute Gasteiger partial charge is 0.182 e. The van der Waals surface area contributed by atoms with Crippen LogP contribution in [0.2, 0.25) is 0 Å². The molecule has 296 valence electrons. The molecule has 11 aromatic carbocycles. The first-order chi connectivity index (χ1) is 31.4. The maximum absolute atomic E-state index is 12.5. The molecule has 0 aliphatic heterocycles. The van der Waals surface area contributed by atoms with Crippen LogP contribution in [0, 0.1) is 0 Å². The van der Waals surface area contributed by atoms with Crippen molar-refractivity contribution in [2.45, 2.75) is 0 Å². The Hall–Kier alpha value is -8.21. The SMILES string of the molecule is [B]c1c([B])c(N(c2ccc(-c3cccc4c3oc3c(-c5ccccc5)cccc34)cc2)c2cc3ccccc3c3ccccc23)c(O)c(O)c1-c1cc2ccccc2c2ccccc12. The Balaban J connectivity index is 1.07. The van der Waals surface area contributed by atoms with E-state index in [1.54, 1.807) is 0 Å². The first-order valence-electron chi connectivity index (χ1n) is 21.3. The molecule has 0 atom stereocenters. The van der Waals surface area contributed by atoms with E-state index in [9.17, 15) is 10.2 Å². The van der Waals surface area contributed by atoms with Gasteiger partial charge in [-0.15, -0.1) is 0 Å². The van der Waals surface area contributed by atoms with Gasteiger partial charge in [0, 0.05) is 38.5 Å². The highest BCUT2D eigenvalue weighted by molar-refractivity contribution is 6.54. The maximum Gasteiger partial charge on any atom is 0.182 e. The summed E-state index contributed by atoms with van der Waals surface area (Å²) in [7, 11) is 14.3. The number of aromatic hydroxyl groups is 2. The zero-order valence-corrected chi connectivity index (χ0v) is 34.5. The molecule has 0 unspecified atom stereocenters. The lowest BCUT2D eigenvalue weighted by Crippen LogP contribution is -2.33. The van der Waals surface area contributed by atoms with Crippen LogP contribution in [0.5, 0.6) is 11.5 Å². The van der Waals surface area contributed by atoms with Crippen molar-refractivity contribution in [2.75, 3.05) is 4.90 Å². The lowest BCUT2D eigenvalue weighted by atomic mass is 9.73. The summed E-state index contributed by atoms with van der Waals surface area (Å²) in [6.07, 6.45) is 0. The minimum atomic E-state index is -0.387. The maximum atomic E-state index is 12.5. The molecular weight excluding hydrogens is 780 g/mol. The van der Waals surface area contributed by atoms with Gasteiger partial charge in [0.2, 0.25) is 0 Å². The third-order valence-corrected chi connectivity index (χ3v) is 12.8. The summed E-state index contributed by atoms with van der Waals surface area (Å²) < 4.78 is 6.78. The molecule has 12 rings (SSSR count). The number of fused-ring (bicyclic) bond motifs is 9. The molecule has 0 saturated carbocycles. The monoisotopic (exact) mass is 815 g/mol. The highest BCUT2D eigenvalue weighted by atomic mass is 16.3. The van der Waals surface area contributed by atoms with Gasteiger partial charge in [-0.05, 0) is 78.7 Å². The number of rotatable bonds is 6. The third-order valence-electron chi connectivity index (χ3n) is 12.8. The van der Waals surface area contributed by atoms with Gasteiger partial charge in [0.05, 0.1) is 11.4 Å². The molecule has 0 fully saturated rings. The fraction of sp³-hybridized carbons (Fsp3) is 0. The van der Waals surface area contributed by atoms with Crippen LogP contribution in [0.25, 0.3) is 98.4 Å². The first-order valence-corrected chi connectivity index (χ1v) is 21.3. The summed E-state index contributed by atoms with van der Waals surface area (Å²) in [6.45, 7) is 0. The van der Waals surface area contributed by atoms with E-state index in [0.717, 1.165) is 93.0 Å². The number of anilines is 3. The highest BCUT2D eigenvalue weighted by Crippen LogP contribution is 2.50. The zero-order valence-electron chi connectivity index (χ0n) is 34.5. The first kappa shape index (κ1) is 37.5. The van der Waals surface area contributed by atoms with Crippen LogP contribution in [0.1, 0.15) is 0 Å². The van der Waals surface area contributed by atoms with E-state index in [1.165, 1.54) is 0 Å². The normalized spacial score (nSPS) is 11.7. The van der Waals surface area contributed by atoms with Gasteiger partial charge in [0.25, 0.3) is 0 Å². The molecule has 64 heavy (non-hydrogen) atoms. The summed E-state index contributed by atoms with van der Waals surface area (Å²) in [5.74, 6) is -0.748. The van der Waals surface area contributed by atoms with Crippen molar-refractivity contribution in [3.05, 3.63) is 200 Å². The molecule has 6 heteroatoms. The third kappa shape index (κ3) is 5.73. The average molecular weight is 816 g/mol. The Morgan fingerprint density at radius 2 is 0.859 bits per heavy atom. The molecule has 0 bridgehead atoms. The van der Waals surface area contributed by atoms with Gasteiger partial charge >= 0.3 is 0 Å². The molecule has 0 amide bonds. The van der Waals surface area contributed by atoms with Crippen molar-refractivity contribution in [3.63, 3.8) is 0 Å². The fourth-order valence-electron chi connectivity index (χ4n) is 9.80. The zero-order chi connectivity index (χ0) is 43.1. The van der Waals surface area contributed by atoms with Gasteiger partial charge < -0.3 is 19.5 Å². The van der Waals surface area contributed by atoms with E-state index in [2.05, 4.69) is 103 Å². The molecule has 0 aliphatic carbocycles. The number of furan rings is 1. The van der Waals surface area contributed by atoms with Gasteiger partial charge in [0.15, 0.2) is 11.5 Å². The number of hydrogen-bond donors (Lipinski definition) is 2. The van der Waals surface area contributed by atoms with Gasteiger partial charge in [-0.1, -0.05) is 187 Å². The quantitative estimate of drug-likeness (QED) is 0.0997. The van der Waals surface area contributed by atoms with E-state index >= 15 is 0 Å². The Labute approximate surface area is 371 Å². The van der Waals surface area contributed by atoms with E-state index in [1.807, 2.05) is 102 Å². The molecule has 12 aromatic rings. The fourth-order valence-corrected chi connectivity index (χ4v) is 9.80. The van der Waals surface area contributed by atoms with Crippen molar-refractivity contribution >= 4 is 109 Å². The standard InChI is InChI=1S/C58H35B2NO3/c59-52-51(49-32-36-16-4-6-18-39(36)43-20-8-9-22-45(43)49)55(62)56(63)54(53(52)60)61(50-33-37-17-5-7-19-40(37)44-21-10-11-23-46(44)50)38-30-28-35(29-31-38)42-25-13-27-48-47-26-12-24-41(57(47)64-58(42)48)34-14-2-1-3-15-34/h1-33,62-63H. The van der Waals surface area contributed by atoms with Gasteiger partial charge in [-0.3, -0.25) is 0 Å². The van der Waals surface area contributed by atoms with E-state index < -0.39 is 0 Å². The van der Waals surface area contributed by atoms with Crippen LogP contribution in [0.4, 0.5) is 17.1 Å². The van der Waals surface area contributed by atoms with Crippen LogP contribution < -0.4 is 15.8 Å². The van der Waals surface area contributed by atoms with Crippen LogP contribution in [-0.2, 0) is 0 Å². The van der Waals surface area contributed by atoms with Crippen molar-refractivity contribution in [1.29, 1.82) is 0 Å². The molecule has 1 aromatic heterocycles. The van der Waals surface area contributed by atoms with Crippen LogP contribution in [0.15, 0.2) is 205 Å². The molecule has 4 nitrogen and oxygen atoms in total. The largest absolute Gasteiger partial charge is 0.504 e. The number of hydrogen-bond acceptors (Lipinski definition) is 4. The second kappa shape index (κ2) is 14.7. The second-order valence-electron chi connectivity index (χ2n) is 16.3. The summed E-state index contributed by atoms with van der Waals surface area (Å²) in [5, 5.41) is 34.8. The number of nitrogens with zero attached hydrogens (tertiary/aromatic N) is 1. The van der Waals surface area contributed by atoms with Crippen molar-refractivity contribution in [1.82, 2.24) is 0 Å². The Morgan fingerprint density at radius 1 is 0.375 bits per heavy atom. The number of phenols is 2. The van der Waals surface area contributed by atoms with Crippen molar-refractivity contribution in [3.8, 4) is 44.9 Å². The second-order valence-corrected chi connectivity index (χ2v) is 16.3. The average Bonchev–Trinajstić information content (AvgIpc) is 3.74. The van der Waals surface area contributed by atoms with Crippen LogP contribution >= 0.6 is 0 Å². The summed E-state index contributed by atoms with van der Waals surface area (Å²) in [4.78, 5) is 1.91. The molecular formula is C58H35B2NO3. The summed E-state index contributed by atoms with van der Waals surface area (Å²) >= 11 is 0. The van der Waals surface area contributed by atoms with Crippen LogP contribution in [-0.4, -0.2) is 25.9 Å². The molecule has 0 saturated heterocycles. The Kier molecular flexibility index (Phi) is 8.63. The predicted molar refractivity (Wildman–Crippen MR) is 269 cm³/mol. The number of para-hydroxylation sites is 2. The Morgan fingerprint density at radius 3 is 1.48 bits per heavy atom. The Bertz CT molecular complexity index is 3810. The van der Waals surface area contributed by atoms with Gasteiger partial charge in [-0.2, -0.15) is 0 Å². The topological polar surface area (TPSA) is 56.8 Å². The van der Waals surface area contributed by atoms with E-state index in [4.69, 9.17) is 20.1 Å². The molecule has 4 radical (unpaired) electrons. The van der Waals surface area contributed by atoms with E-state index in [-0.39, 0.29) is 33.7 Å². The lowest BCUT2D eigenvalue weighted by Gasteiger charge is -2.32. The van der Waals surface area contributed by atoms with Gasteiger partial charge in [-0.25, -0.2) is 0 Å². The molecule has 2 N–H and O–H groups in total. The summed E-state index contributed by atoms with van der Waals surface area (Å²) in [5.41, 5.74) is 8.48. The van der Waals surface area contributed by atoms with Crippen molar-refractivity contribution in [2.24, 2.45) is 0 Å². The highest BCUT2D eigenvalue weighted by Gasteiger charge is 2.28. The molecule has 0 aliphatic rings. The molecule has 0 spiro atoms. The van der Waals surface area contributed by atoms with Crippen LogP contribution in [0.3, 0.4) is 0 Å². The predicted octanol–water partition coefficient (Wildman–Crippen LogP) is 13.7. The molecule has 1 heterocycles. The minimum Gasteiger partial charge on any atom is -0.504 e. The number of benzene rings is 11. The van der Waals surface area contributed by atoms with E-state index in [0.29, 0.717) is 11.3 Å². The lowest BCUT2D eigenvalue weighted by molar-refractivity contribution is 0.407. The minimum absolute atomic E-state index is 0.130. The summed E-state index contributed by atoms with van der Waals surface area (Å²) in [6, 6.07) is 67.6.